The van der Waals surface area contributed by atoms with Gasteiger partial charge in [0.1, 0.15) is 5.75 Å². The lowest BCUT2D eigenvalue weighted by atomic mass is 10.1. The van der Waals surface area contributed by atoms with E-state index in [0.29, 0.717) is 11.7 Å². The molecule has 1 aromatic carbocycles. The second-order valence-electron chi connectivity index (χ2n) is 6.75. The number of carbonyl (C=O) groups excluding carboxylic acids is 1. The minimum absolute atomic E-state index is 0.0505. The fraction of sp³-hybridized carbons (Fsp3) is 0.529. The number of carbonyl (C=O) groups is 1. The van der Waals surface area contributed by atoms with Crippen LogP contribution >= 0.6 is 11.8 Å². The summed E-state index contributed by atoms with van der Waals surface area (Å²) in [4.78, 5) is 18.5. The van der Waals surface area contributed by atoms with Crippen molar-refractivity contribution in [1.82, 2.24) is 4.90 Å². The van der Waals surface area contributed by atoms with Gasteiger partial charge >= 0.3 is 0 Å². The van der Waals surface area contributed by atoms with Gasteiger partial charge in [-0.2, -0.15) is 4.99 Å². The highest BCUT2D eigenvalue weighted by Crippen LogP contribution is 2.40. The summed E-state index contributed by atoms with van der Waals surface area (Å²) in [5.74, 6) is 1.02. The number of benzene rings is 1. The summed E-state index contributed by atoms with van der Waals surface area (Å²) in [6.45, 7) is 0.491. The Balaban J connectivity index is 1.64. The topological polar surface area (TPSA) is 76.0 Å². The number of aliphatic imine (C=N–C) groups is 1. The summed E-state index contributed by atoms with van der Waals surface area (Å²) >= 11 is 1.43. The normalized spacial score (nSPS) is 29.0. The number of nitrogens with zero attached hydrogens (tertiary/aromatic N) is 2. The van der Waals surface area contributed by atoms with Crippen LogP contribution < -0.4 is 4.74 Å². The molecule has 134 valence electrons. The Morgan fingerprint density at radius 3 is 2.80 bits per heavy atom. The van der Waals surface area contributed by atoms with Crippen LogP contribution in [0.2, 0.25) is 0 Å². The molecule has 3 aliphatic rings. The van der Waals surface area contributed by atoms with Crippen LogP contribution in [-0.2, 0) is 21.2 Å². The molecule has 2 atom stereocenters. The molecular formula is C17H20N2O4S2. The fourth-order valence-corrected chi connectivity index (χ4v) is 7.31. The second-order valence-corrected chi connectivity index (χ2v) is 10.1. The maximum absolute atomic E-state index is 12.2. The summed E-state index contributed by atoms with van der Waals surface area (Å²) in [6, 6.07) is 7.53. The van der Waals surface area contributed by atoms with Gasteiger partial charge in [-0.05, 0) is 18.9 Å². The number of hydrogen-bond donors (Lipinski definition) is 0. The van der Waals surface area contributed by atoms with E-state index >= 15 is 0 Å². The molecule has 0 bridgehead atoms. The number of hydrogen-bond acceptors (Lipinski definition) is 5. The van der Waals surface area contributed by atoms with Crippen LogP contribution in [0.3, 0.4) is 0 Å². The molecule has 1 aliphatic carbocycles. The largest absolute Gasteiger partial charge is 0.496 e. The molecule has 0 unspecified atom stereocenters. The molecule has 2 aliphatic heterocycles. The van der Waals surface area contributed by atoms with Gasteiger partial charge in [-0.15, -0.1) is 0 Å². The van der Waals surface area contributed by atoms with E-state index in [1.807, 2.05) is 29.2 Å². The highest BCUT2D eigenvalue weighted by molar-refractivity contribution is 8.15. The van der Waals surface area contributed by atoms with E-state index in [1.165, 1.54) is 11.8 Å². The SMILES string of the molecule is COc1ccccc1CN1C(=NC(=O)C2CC2)S[C@H]2CS(=O)(=O)C[C@@H]21. The highest BCUT2D eigenvalue weighted by atomic mass is 32.2. The van der Waals surface area contributed by atoms with Crippen molar-refractivity contribution in [2.45, 2.75) is 30.7 Å². The number of rotatable bonds is 4. The van der Waals surface area contributed by atoms with Gasteiger partial charge in [0.25, 0.3) is 5.91 Å². The summed E-state index contributed by atoms with van der Waals surface area (Å²) in [5, 5.41) is 0.609. The minimum Gasteiger partial charge on any atom is -0.496 e. The van der Waals surface area contributed by atoms with Gasteiger partial charge in [-0.1, -0.05) is 30.0 Å². The number of methoxy groups -OCH3 is 1. The van der Waals surface area contributed by atoms with Crippen molar-refractivity contribution in [2.75, 3.05) is 18.6 Å². The van der Waals surface area contributed by atoms with E-state index in [2.05, 4.69) is 4.99 Å². The third-order valence-corrected chi connectivity index (χ3v) is 8.09. The molecule has 3 fully saturated rings. The Bertz CT molecular complexity index is 833. The van der Waals surface area contributed by atoms with Crippen molar-refractivity contribution in [2.24, 2.45) is 10.9 Å². The molecule has 0 spiro atoms. The van der Waals surface area contributed by atoms with Crippen LogP contribution in [0.1, 0.15) is 18.4 Å². The Hall–Kier alpha value is -1.54. The molecule has 4 rings (SSSR count). The summed E-state index contributed by atoms with van der Waals surface area (Å²) in [7, 11) is -1.42. The van der Waals surface area contributed by atoms with Crippen LogP contribution in [0.25, 0.3) is 0 Å². The average Bonchev–Trinajstić information content (AvgIpc) is 3.32. The van der Waals surface area contributed by atoms with Crippen molar-refractivity contribution in [3.8, 4) is 5.75 Å². The third kappa shape index (κ3) is 3.42. The summed E-state index contributed by atoms with van der Waals surface area (Å²) in [6.07, 6.45) is 1.82. The standard InChI is InChI=1S/C17H20N2O4S2/c1-23-14-5-3-2-4-12(14)8-19-13-9-25(21,22)10-15(13)24-17(19)18-16(20)11-6-7-11/h2-5,11,13,15H,6-10H2,1H3/t13-,15-/m0/s1. The van der Waals surface area contributed by atoms with Crippen LogP contribution in [0.5, 0.6) is 5.75 Å². The summed E-state index contributed by atoms with van der Waals surface area (Å²) < 4.78 is 29.5. The van der Waals surface area contributed by atoms with E-state index in [-0.39, 0.29) is 34.6 Å². The first-order chi connectivity index (χ1) is 12.0. The molecule has 1 saturated carbocycles. The molecule has 2 heterocycles. The molecule has 0 N–H and O–H groups in total. The van der Waals surface area contributed by atoms with Gasteiger partial charge in [0.15, 0.2) is 15.0 Å². The maximum Gasteiger partial charge on any atom is 0.251 e. The number of amidine groups is 1. The fourth-order valence-electron chi connectivity index (χ4n) is 3.35. The van der Waals surface area contributed by atoms with Crippen LogP contribution in [0.15, 0.2) is 29.3 Å². The van der Waals surface area contributed by atoms with Crippen molar-refractivity contribution in [3.05, 3.63) is 29.8 Å². The van der Waals surface area contributed by atoms with Gasteiger partial charge in [0.05, 0.1) is 24.7 Å². The highest BCUT2D eigenvalue weighted by Gasteiger charge is 2.49. The number of fused-ring (bicyclic) bond motifs is 1. The molecule has 25 heavy (non-hydrogen) atoms. The minimum atomic E-state index is -3.04. The van der Waals surface area contributed by atoms with E-state index in [0.717, 1.165) is 24.2 Å². The van der Waals surface area contributed by atoms with Gasteiger partial charge in [0.2, 0.25) is 0 Å². The third-order valence-electron chi connectivity index (χ3n) is 4.84. The van der Waals surface area contributed by atoms with Crippen molar-refractivity contribution in [3.63, 3.8) is 0 Å². The van der Waals surface area contributed by atoms with Gasteiger partial charge in [-0.3, -0.25) is 4.79 Å². The van der Waals surface area contributed by atoms with Crippen LogP contribution in [-0.4, -0.2) is 54.3 Å². The number of para-hydroxylation sites is 1. The second kappa shape index (κ2) is 6.32. The van der Waals surface area contributed by atoms with E-state index < -0.39 is 9.84 Å². The van der Waals surface area contributed by atoms with Gasteiger partial charge < -0.3 is 9.64 Å². The Labute approximate surface area is 151 Å². The lowest BCUT2D eigenvalue weighted by Gasteiger charge is -2.25. The maximum atomic E-state index is 12.2. The zero-order valence-electron chi connectivity index (χ0n) is 13.9. The Kier molecular flexibility index (Phi) is 4.27. The molecular weight excluding hydrogens is 360 g/mol. The van der Waals surface area contributed by atoms with Crippen LogP contribution in [0, 0.1) is 5.92 Å². The van der Waals surface area contributed by atoms with Gasteiger partial charge in [-0.25, -0.2) is 8.42 Å². The van der Waals surface area contributed by atoms with E-state index in [9.17, 15) is 13.2 Å². The van der Waals surface area contributed by atoms with Crippen molar-refractivity contribution < 1.29 is 17.9 Å². The monoisotopic (exact) mass is 380 g/mol. The lowest BCUT2D eigenvalue weighted by molar-refractivity contribution is -0.118. The molecule has 8 heteroatoms. The number of ether oxygens (including phenoxy) is 1. The first kappa shape index (κ1) is 16.9. The van der Waals surface area contributed by atoms with Crippen molar-refractivity contribution >= 4 is 32.7 Å². The quantitative estimate of drug-likeness (QED) is 0.791. The molecule has 6 nitrogen and oxygen atoms in total. The molecule has 2 saturated heterocycles. The van der Waals surface area contributed by atoms with E-state index in [1.54, 1.807) is 7.11 Å². The molecule has 1 amide bonds. The number of amides is 1. The van der Waals surface area contributed by atoms with Crippen molar-refractivity contribution in [1.29, 1.82) is 0 Å². The predicted molar refractivity (Wildman–Crippen MR) is 97.5 cm³/mol. The zero-order chi connectivity index (χ0) is 17.6. The zero-order valence-corrected chi connectivity index (χ0v) is 15.6. The van der Waals surface area contributed by atoms with Gasteiger partial charge in [0, 0.05) is 23.3 Å². The lowest BCUT2D eigenvalue weighted by Crippen LogP contribution is -2.37. The predicted octanol–water partition coefficient (Wildman–Crippen LogP) is 1.70. The molecule has 0 radical (unpaired) electrons. The van der Waals surface area contributed by atoms with Crippen LogP contribution in [0.4, 0.5) is 0 Å². The first-order valence-corrected chi connectivity index (χ1v) is 11.0. The molecule has 0 aromatic heterocycles. The Morgan fingerprint density at radius 2 is 2.08 bits per heavy atom. The first-order valence-electron chi connectivity index (χ1n) is 8.35. The van der Waals surface area contributed by atoms with E-state index in [4.69, 9.17) is 4.74 Å². The number of thioether (sulfide) groups is 1. The number of sulfone groups is 1. The Morgan fingerprint density at radius 1 is 1.32 bits per heavy atom. The average molecular weight is 380 g/mol. The summed E-state index contributed by atoms with van der Waals surface area (Å²) in [5.41, 5.74) is 0.960. The smallest absolute Gasteiger partial charge is 0.251 e. The molecule has 1 aromatic rings.